The number of primary amides is 1. The molecule has 0 aliphatic carbocycles. The Labute approximate surface area is 206 Å². The van der Waals surface area contributed by atoms with E-state index in [1.165, 1.54) is 0 Å². The van der Waals surface area contributed by atoms with Crippen molar-refractivity contribution in [3.63, 3.8) is 0 Å². The number of hydrogen-bond donors (Lipinski definition) is 8. The number of rotatable bonds is 19. The fraction of sp³-hybridized carbons (Fsp3) is 0.773. The van der Waals surface area contributed by atoms with Crippen LogP contribution in [0.4, 0.5) is 0 Å². The van der Waals surface area contributed by atoms with Crippen LogP contribution in [0.5, 0.6) is 0 Å². The normalized spacial score (nSPS) is 15.2. The van der Waals surface area contributed by atoms with E-state index in [9.17, 15) is 29.1 Å². The number of nitrogens with one attached hydrogen (secondary N) is 3. The second-order valence-electron chi connectivity index (χ2n) is 8.68. The van der Waals surface area contributed by atoms with Gasteiger partial charge in [-0.2, -0.15) is 0 Å². The standard InChI is InChI=1S/C22H43N7O6/c1-3-13(2)18(29-19(31)14(25)12-17(26)30)21(33)27-15(8-4-6-10-23)20(32)28-16(22(34)35)9-5-7-11-24/h13-16,18H,3-12,23-25H2,1-2H3,(H2,26,30)(H,27,33)(H,28,32)(H,29,31)(H,34,35). The van der Waals surface area contributed by atoms with E-state index in [0.717, 1.165) is 0 Å². The van der Waals surface area contributed by atoms with E-state index in [4.69, 9.17) is 22.9 Å². The monoisotopic (exact) mass is 501 g/mol. The van der Waals surface area contributed by atoms with Gasteiger partial charge in [0, 0.05) is 0 Å². The zero-order valence-corrected chi connectivity index (χ0v) is 20.8. The molecule has 0 radical (unpaired) electrons. The van der Waals surface area contributed by atoms with Gasteiger partial charge in [0.15, 0.2) is 0 Å². The molecule has 0 aliphatic rings. The van der Waals surface area contributed by atoms with Crippen LogP contribution in [0, 0.1) is 5.92 Å². The molecule has 5 unspecified atom stereocenters. The summed E-state index contributed by atoms with van der Waals surface area (Å²) in [5.74, 6) is -4.25. The highest BCUT2D eigenvalue weighted by molar-refractivity contribution is 5.95. The average Bonchev–Trinajstić information content (AvgIpc) is 2.79. The van der Waals surface area contributed by atoms with Gasteiger partial charge in [-0.15, -0.1) is 0 Å². The predicted molar refractivity (Wildman–Crippen MR) is 130 cm³/mol. The third-order valence-corrected chi connectivity index (χ3v) is 5.69. The SMILES string of the molecule is CCC(C)C(NC(=O)C(N)CC(N)=O)C(=O)NC(CCCCN)C(=O)NC(CCCCN)C(=O)O. The molecular weight excluding hydrogens is 458 g/mol. The quantitative estimate of drug-likeness (QED) is 0.0913. The third-order valence-electron chi connectivity index (χ3n) is 5.69. The van der Waals surface area contributed by atoms with Crippen molar-refractivity contribution in [3.05, 3.63) is 0 Å². The molecule has 4 amide bonds. The number of amides is 4. The van der Waals surface area contributed by atoms with Gasteiger partial charge in [0.25, 0.3) is 0 Å². The van der Waals surface area contributed by atoms with Gasteiger partial charge in [0.05, 0.1) is 12.5 Å². The minimum absolute atomic E-state index is 0.199. The fourth-order valence-corrected chi connectivity index (χ4v) is 3.32. The molecule has 35 heavy (non-hydrogen) atoms. The van der Waals surface area contributed by atoms with Crippen molar-refractivity contribution in [2.24, 2.45) is 28.9 Å². The largest absolute Gasteiger partial charge is 0.480 e. The van der Waals surface area contributed by atoms with Crippen molar-refractivity contribution in [1.82, 2.24) is 16.0 Å². The average molecular weight is 502 g/mol. The van der Waals surface area contributed by atoms with E-state index in [0.29, 0.717) is 45.2 Å². The summed E-state index contributed by atoms with van der Waals surface area (Å²) < 4.78 is 0. The third kappa shape index (κ3) is 13.0. The van der Waals surface area contributed by atoms with Gasteiger partial charge in [0.1, 0.15) is 18.1 Å². The Kier molecular flexibility index (Phi) is 16.2. The first-order chi connectivity index (χ1) is 16.5. The van der Waals surface area contributed by atoms with Crippen molar-refractivity contribution in [2.45, 2.75) is 89.4 Å². The number of aliphatic carboxylic acids is 1. The van der Waals surface area contributed by atoms with Crippen LogP contribution in [-0.4, -0.2) is 72.0 Å². The lowest BCUT2D eigenvalue weighted by atomic mass is 9.96. The molecule has 202 valence electrons. The van der Waals surface area contributed by atoms with Gasteiger partial charge in [-0.1, -0.05) is 20.3 Å². The number of carbonyl (C=O) groups is 5. The number of carboxylic acid groups (broad SMARTS) is 1. The second-order valence-corrected chi connectivity index (χ2v) is 8.68. The molecule has 0 aromatic heterocycles. The lowest BCUT2D eigenvalue weighted by Crippen LogP contribution is -2.58. The lowest BCUT2D eigenvalue weighted by Gasteiger charge is -2.28. The molecule has 12 N–H and O–H groups in total. The number of nitrogens with two attached hydrogens (primary N) is 4. The molecule has 13 heteroatoms. The zero-order chi connectivity index (χ0) is 27.0. The molecule has 0 saturated heterocycles. The highest BCUT2D eigenvalue weighted by Gasteiger charge is 2.32. The van der Waals surface area contributed by atoms with Crippen LogP contribution >= 0.6 is 0 Å². The first-order valence-corrected chi connectivity index (χ1v) is 12.1. The van der Waals surface area contributed by atoms with Crippen molar-refractivity contribution >= 4 is 29.6 Å². The van der Waals surface area contributed by atoms with Crippen LogP contribution in [0.1, 0.15) is 65.2 Å². The van der Waals surface area contributed by atoms with Gasteiger partial charge in [-0.25, -0.2) is 4.79 Å². The van der Waals surface area contributed by atoms with Crippen LogP contribution in [0.25, 0.3) is 0 Å². The van der Waals surface area contributed by atoms with Crippen LogP contribution in [-0.2, 0) is 24.0 Å². The molecule has 5 atom stereocenters. The van der Waals surface area contributed by atoms with Gasteiger partial charge in [0.2, 0.25) is 23.6 Å². The summed E-state index contributed by atoms with van der Waals surface area (Å²) in [4.78, 5) is 61.1. The van der Waals surface area contributed by atoms with Crippen molar-refractivity contribution in [3.8, 4) is 0 Å². The lowest BCUT2D eigenvalue weighted by molar-refractivity contribution is -0.142. The molecule has 0 aromatic rings. The number of hydrogen-bond acceptors (Lipinski definition) is 8. The highest BCUT2D eigenvalue weighted by atomic mass is 16.4. The predicted octanol–water partition coefficient (Wildman–Crippen LogP) is -1.97. The van der Waals surface area contributed by atoms with Crippen molar-refractivity contribution in [2.75, 3.05) is 13.1 Å². The van der Waals surface area contributed by atoms with E-state index < -0.39 is 53.8 Å². The molecule has 0 rings (SSSR count). The molecule has 0 fully saturated rings. The zero-order valence-electron chi connectivity index (χ0n) is 20.8. The summed E-state index contributed by atoms with van der Waals surface area (Å²) in [6.45, 7) is 4.36. The first kappa shape index (κ1) is 32.2. The summed E-state index contributed by atoms with van der Waals surface area (Å²) in [6, 6.07) is -4.41. The summed E-state index contributed by atoms with van der Waals surface area (Å²) in [6.07, 6.45) is 2.82. The van der Waals surface area contributed by atoms with Gasteiger partial charge < -0.3 is 44.0 Å². The minimum atomic E-state index is -1.22. The molecule has 0 aromatic carbocycles. The molecule has 0 aliphatic heterocycles. The van der Waals surface area contributed by atoms with E-state index >= 15 is 0 Å². The number of carboxylic acids is 1. The van der Waals surface area contributed by atoms with Crippen molar-refractivity contribution < 1.29 is 29.1 Å². The van der Waals surface area contributed by atoms with Crippen LogP contribution < -0.4 is 38.9 Å². The van der Waals surface area contributed by atoms with Crippen molar-refractivity contribution in [1.29, 1.82) is 0 Å². The smallest absolute Gasteiger partial charge is 0.326 e. The van der Waals surface area contributed by atoms with E-state index in [1.54, 1.807) is 6.92 Å². The topological polar surface area (TPSA) is 246 Å². The number of carbonyl (C=O) groups excluding carboxylic acids is 4. The number of unbranched alkanes of at least 4 members (excludes halogenated alkanes) is 2. The molecular formula is C22H43N7O6. The van der Waals surface area contributed by atoms with Gasteiger partial charge in [-0.3, -0.25) is 19.2 Å². The summed E-state index contributed by atoms with van der Waals surface area (Å²) in [7, 11) is 0. The van der Waals surface area contributed by atoms with E-state index in [2.05, 4.69) is 16.0 Å². The Bertz CT molecular complexity index is 706. The minimum Gasteiger partial charge on any atom is -0.480 e. The van der Waals surface area contributed by atoms with Crippen LogP contribution in [0.2, 0.25) is 0 Å². The molecule has 0 heterocycles. The molecule has 13 nitrogen and oxygen atoms in total. The Morgan fingerprint density at radius 1 is 0.800 bits per heavy atom. The Hall–Kier alpha value is -2.77. The Balaban J connectivity index is 5.53. The highest BCUT2D eigenvalue weighted by Crippen LogP contribution is 2.11. The van der Waals surface area contributed by atoms with E-state index in [1.807, 2.05) is 6.92 Å². The summed E-state index contributed by atoms with van der Waals surface area (Å²) in [5, 5.41) is 17.1. The Morgan fingerprint density at radius 3 is 1.77 bits per heavy atom. The Morgan fingerprint density at radius 2 is 1.31 bits per heavy atom. The maximum absolute atomic E-state index is 13.1. The van der Waals surface area contributed by atoms with Gasteiger partial charge in [-0.05, 0) is 57.5 Å². The maximum Gasteiger partial charge on any atom is 0.326 e. The maximum atomic E-state index is 13.1. The first-order valence-electron chi connectivity index (χ1n) is 12.1. The van der Waals surface area contributed by atoms with Crippen LogP contribution in [0.15, 0.2) is 0 Å². The molecule has 0 bridgehead atoms. The van der Waals surface area contributed by atoms with Gasteiger partial charge >= 0.3 is 5.97 Å². The van der Waals surface area contributed by atoms with Crippen LogP contribution in [0.3, 0.4) is 0 Å². The molecule has 0 spiro atoms. The summed E-state index contributed by atoms with van der Waals surface area (Å²) in [5.41, 5.74) is 21.8. The molecule has 0 saturated carbocycles. The second kappa shape index (κ2) is 17.6. The van der Waals surface area contributed by atoms with E-state index in [-0.39, 0.29) is 25.2 Å². The fourth-order valence-electron chi connectivity index (χ4n) is 3.32. The summed E-state index contributed by atoms with van der Waals surface area (Å²) >= 11 is 0.